The summed E-state index contributed by atoms with van der Waals surface area (Å²) in [5, 5.41) is 0. The normalized spacial score (nSPS) is 17.4. The number of hydrogen-bond donors (Lipinski definition) is 0. The topological polar surface area (TPSA) is 54.5 Å². The SMILES string of the molecule is O=C(c1ccccc1)N1CCC(CS(=O)(=O)F)CC1. The molecule has 1 aliphatic rings. The van der Waals surface area contributed by atoms with Crippen LogP contribution in [0.2, 0.25) is 0 Å². The van der Waals surface area contributed by atoms with Crippen molar-refractivity contribution in [3.63, 3.8) is 0 Å². The molecule has 2 rings (SSSR count). The van der Waals surface area contributed by atoms with Crippen LogP contribution in [0.15, 0.2) is 30.3 Å². The lowest BCUT2D eigenvalue weighted by Gasteiger charge is -2.31. The third-order valence-electron chi connectivity index (χ3n) is 3.36. The number of nitrogens with zero attached hydrogens (tertiary/aromatic N) is 1. The predicted molar refractivity (Wildman–Crippen MR) is 70.0 cm³/mol. The minimum atomic E-state index is -4.42. The molecule has 1 aliphatic heterocycles. The molecule has 19 heavy (non-hydrogen) atoms. The molecule has 1 aromatic rings. The van der Waals surface area contributed by atoms with Gasteiger partial charge in [0, 0.05) is 18.7 Å². The number of halogens is 1. The van der Waals surface area contributed by atoms with Crippen molar-refractivity contribution >= 4 is 16.1 Å². The summed E-state index contributed by atoms with van der Waals surface area (Å²) in [6.07, 6.45) is 1.06. The van der Waals surface area contributed by atoms with E-state index in [1.165, 1.54) is 0 Å². The molecule has 0 bridgehead atoms. The average molecular weight is 285 g/mol. The molecule has 0 N–H and O–H groups in total. The Hall–Kier alpha value is -1.43. The van der Waals surface area contributed by atoms with Gasteiger partial charge in [0.15, 0.2) is 0 Å². The molecule has 0 unspecified atom stereocenters. The number of carbonyl (C=O) groups is 1. The molecule has 0 saturated carbocycles. The Kier molecular flexibility index (Phi) is 4.19. The molecular weight excluding hydrogens is 269 g/mol. The van der Waals surface area contributed by atoms with Crippen LogP contribution in [0.1, 0.15) is 23.2 Å². The van der Waals surface area contributed by atoms with Gasteiger partial charge >= 0.3 is 10.2 Å². The number of benzene rings is 1. The van der Waals surface area contributed by atoms with Gasteiger partial charge in [0.2, 0.25) is 0 Å². The first-order chi connectivity index (χ1) is 8.96. The Morgan fingerprint density at radius 2 is 1.79 bits per heavy atom. The van der Waals surface area contributed by atoms with E-state index in [1.54, 1.807) is 29.2 Å². The highest BCUT2D eigenvalue weighted by molar-refractivity contribution is 7.86. The largest absolute Gasteiger partial charge is 0.339 e. The predicted octanol–water partition coefficient (Wildman–Crippen LogP) is 1.84. The molecule has 4 nitrogen and oxygen atoms in total. The first-order valence-electron chi connectivity index (χ1n) is 6.22. The summed E-state index contributed by atoms with van der Waals surface area (Å²) in [6.45, 7) is 0.960. The summed E-state index contributed by atoms with van der Waals surface area (Å²) in [5.41, 5.74) is 0.624. The van der Waals surface area contributed by atoms with Gasteiger partial charge < -0.3 is 4.90 Å². The van der Waals surface area contributed by atoms with Crippen LogP contribution in [0.4, 0.5) is 3.89 Å². The Labute approximate surface area is 112 Å². The number of carbonyl (C=O) groups excluding carboxylic acids is 1. The van der Waals surface area contributed by atoms with Crippen molar-refractivity contribution in [3.8, 4) is 0 Å². The quantitative estimate of drug-likeness (QED) is 0.796. The third kappa shape index (κ3) is 4.02. The van der Waals surface area contributed by atoms with Crippen LogP contribution in [-0.2, 0) is 10.2 Å². The van der Waals surface area contributed by atoms with E-state index in [0.717, 1.165) is 0 Å². The van der Waals surface area contributed by atoms with Crippen LogP contribution < -0.4 is 0 Å². The Bertz CT molecular complexity index is 536. The van der Waals surface area contributed by atoms with Gasteiger partial charge in [0.05, 0.1) is 5.75 Å². The lowest BCUT2D eigenvalue weighted by Crippen LogP contribution is -2.39. The maximum atomic E-state index is 12.6. The van der Waals surface area contributed by atoms with Gasteiger partial charge in [-0.3, -0.25) is 4.79 Å². The molecule has 1 amide bonds. The van der Waals surface area contributed by atoms with E-state index in [1.807, 2.05) is 6.07 Å². The van der Waals surface area contributed by atoms with Crippen LogP contribution in [0, 0.1) is 5.92 Å². The van der Waals surface area contributed by atoms with Gasteiger partial charge in [-0.15, -0.1) is 3.89 Å². The maximum absolute atomic E-state index is 12.6. The highest BCUT2D eigenvalue weighted by atomic mass is 32.3. The Morgan fingerprint density at radius 1 is 1.21 bits per heavy atom. The van der Waals surface area contributed by atoms with Crippen molar-refractivity contribution in [2.75, 3.05) is 18.8 Å². The van der Waals surface area contributed by atoms with E-state index in [4.69, 9.17) is 0 Å². The second-order valence-electron chi connectivity index (χ2n) is 4.81. The highest BCUT2D eigenvalue weighted by Gasteiger charge is 2.26. The van der Waals surface area contributed by atoms with Crippen LogP contribution in [0.3, 0.4) is 0 Å². The van der Waals surface area contributed by atoms with Crippen molar-refractivity contribution < 1.29 is 17.1 Å². The minimum Gasteiger partial charge on any atom is -0.339 e. The van der Waals surface area contributed by atoms with Crippen LogP contribution >= 0.6 is 0 Å². The minimum absolute atomic E-state index is 0.0536. The molecular formula is C13H16FNO3S. The van der Waals surface area contributed by atoms with Crippen molar-refractivity contribution in [3.05, 3.63) is 35.9 Å². The number of likely N-dealkylation sites (tertiary alicyclic amines) is 1. The van der Waals surface area contributed by atoms with E-state index in [9.17, 15) is 17.1 Å². The molecule has 1 heterocycles. The van der Waals surface area contributed by atoms with Gasteiger partial charge in [-0.2, -0.15) is 8.42 Å². The van der Waals surface area contributed by atoms with Gasteiger partial charge in [-0.05, 0) is 30.9 Å². The van der Waals surface area contributed by atoms with E-state index >= 15 is 0 Å². The summed E-state index contributed by atoms with van der Waals surface area (Å²) < 4.78 is 33.8. The fourth-order valence-electron chi connectivity index (χ4n) is 2.35. The summed E-state index contributed by atoms with van der Waals surface area (Å²) in [5.74, 6) is -0.669. The van der Waals surface area contributed by atoms with Crippen molar-refractivity contribution in [1.82, 2.24) is 4.90 Å². The fourth-order valence-corrected chi connectivity index (χ4v) is 3.24. The van der Waals surface area contributed by atoms with Crippen LogP contribution in [0.5, 0.6) is 0 Å². The molecule has 0 aromatic heterocycles. The molecule has 0 atom stereocenters. The summed E-state index contributed by atoms with van der Waals surface area (Å²) in [7, 11) is -4.42. The standard InChI is InChI=1S/C13H16FNO3S/c14-19(17,18)10-11-6-8-15(9-7-11)13(16)12-4-2-1-3-5-12/h1-5,11H,6-10H2. The van der Waals surface area contributed by atoms with E-state index in [-0.39, 0.29) is 11.8 Å². The van der Waals surface area contributed by atoms with Gasteiger partial charge in [-0.1, -0.05) is 18.2 Å². The Balaban J connectivity index is 1.92. The van der Waals surface area contributed by atoms with E-state index in [0.29, 0.717) is 31.5 Å². The van der Waals surface area contributed by atoms with Crippen LogP contribution in [-0.4, -0.2) is 38.1 Å². The molecule has 1 fully saturated rings. The first-order valence-corrected chi connectivity index (χ1v) is 7.77. The van der Waals surface area contributed by atoms with Crippen molar-refractivity contribution in [2.45, 2.75) is 12.8 Å². The zero-order valence-electron chi connectivity index (χ0n) is 10.5. The number of piperidine rings is 1. The van der Waals surface area contributed by atoms with Crippen molar-refractivity contribution in [1.29, 1.82) is 0 Å². The number of amides is 1. The molecule has 1 saturated heterocycles. The van der Waals surface area contributed by atoms with E-state index in [2.05, 4.69) is 0 Å². The Morgan fingerprint density at radius 3 is 2.32 bits per heavy atom. The lowest BCUT2D eigenvalue weighted by molar-refractivity contribution is 0.0698. The molecule has 0 spiro atoms. The second kappa shape index (κ2) is 5.69. The molecule has 1 aromatic carbocycles. The zero-order chi connectivity index (χ0) is 13.9. The molecule has 0 aliphatic carbocycles. The van der Waals surface area contributed by atoms with Gasteiger partial charge in [0.1, 0.15) is 0 Å². The summed E-state index contributed by atoms with van der Waals surface area (Å²) in [4.78, 5) is 13.8. The summed E-state index contributed by atoms with van der Waals surface area (Å²) in [6, 6.07) is 8.95. The molecule has 6 heteroatoms. The van der Waals surface area contributed by atoms with Gasteiger partial charge in [0.25, 0.3) is 5.91 Å². The van der Waals surface area contributed by atoms with Crippen LogP contribution in [0.25, 0.3) is 0 Å². The third-order valence-corrected chi connectivity index (χ3v) is 4.23. The lowest BCUT2D eigenvalue weighted by atomic mass is 9.98. The van der Waals surface area contributed by atoms with E-state index < -0.39 is 16.0 Å². The highest BCUT2D eigenvalue weighted by Crippen LogP contribution is 2.21. The molecule has 104 valence electrons. The molecule has 0 radical (unpaired) electrons. The second-order valence-corrected chi connectivity index (χ2v) is 6.22. The smallest absolute Gasteiger partial charge is 0.302 e. The van der Waals surface area contributed by atoms with Crippen molar-refractivity contribution in [2.24, 2.45) is 5.92 Å². The summed E-state index contributed by atoms with van der Waals surface area (Å²) >= 11 is 0. The number of hydrogen-bond acceptors (Lipinski definition) is 3. The zero-order valence-corrected chi connectivity index (χ0v) is 11.3. The fraction of sp³-hybridized carbons (Fsp3) is 0.462. The number of rotatable bonds is 3. The first kappa shape index (κ1) is 14.0. The average Bonchev–Trinajstić information content (AvgIpc) is 2.38. The monoisotopic (exact) mass is 285 g/mol. The maximum Gasteiger partial charge on any atom is 0.302 e. The van der Waals surface area contributed by atoms with Gasteiger partial charge in [-0.25, -0.2) is 0 Å².